The molecule has 2 rings (SSSR count). The van der Waals surface area contributed by atoms with Gasteiger partial charge in [-0.15, -0.1) is 13.2 Å². The summed E-state index contributed by atoms with van der Waals surface area (Å²) in [7, 11) is 1.43. The summed E-state index contributed by atoms with van der Waals surface area (Å²) in [6.07, 6.45) is -3.98. The molecule has 1 aromatic carbocycles. The van der Waals surface area contributed by atoms with Crippen LogP contribution in [0.3, 0.4) is 0 Å². The Morgan fingerprint density at radius 1 is 1.40 bits per heavy atom. The molecule has 1 heterocycles. The lowest BCUT2D eigenvalue weighted by molar-refractivity contribution is -0.384. The van der Waals surface area contributed by atoms with Crippen molar-refractivity contribution < 1.29 is 22.8 Å². The SMILES string of the molecule is CNc1c([N+](=O)[O-])cnc2c(OC(F)(F)F)cccc12. The second-order valence-electron chi connectivity index (χ2n) is 3.73. The van der Waals surface area contributed by atoms with Crippen LogP contribution in [0.2, 0.25) is 0 Å². The summed E-state index contributed by atoms with van der Waals surface area (Å²) in [6, 6.07) is 3.81. The maximum Gasteiger partial charge on any atom is 0.573 e. The van der Waals surface area contributed by atoms with Crippen LogP contribution < -0.4 is 10.1 Å². The van der Waals surface area contributed by atoms with Gasteiger partial charge in [-0.25, -0.2) is 4.98 Å². The van der Waals surface area contributed by atoms with Crippen molar-refractivity contribution in [1.29, 1.82) is 0 Å². The number of nitrogens with one attached hydrogen (secondary N) is 1. The maximum atomic E-state index is 12.3. The molecule has 0 unspecified atom stereocenters. The Bertz CT molecular complexity index is 673. The normalized spacial score (nSPS) is 11.4. The number of benzene rings is 1. The predicted molar refractivity (Wildman–Crippen MR) is 64.6 cm³/mol. The molecule has 2 aromatic rings. The van der Waals surface area contributed by atoms with Gasteiger partial charge in [0.2, 0.25) is 0 Å². The fourth-order valence-electron chi connectivity index (χ4n) is 1.79. The predicted octanol–water partition coefficient (Wildman–Crippen LogP) is 3.08. The molecule has 0 radical (unpaired) electrons. The zero-order chi connectivity index (χ0) is 14.9. The average Bonchev–Trinajstić information content (AvgIpc) is 2.35. The third kappa shape index (κ3) is 2.56. The molecule has 0 aliphatic rings. The quantitative estimate of drug-likeness (QED) is 0.693. The first-order chi connectivity index (χ1) is 9.33. The first-order valence-corrected chi connectivity index (χ1v) is 5.33. The van der Waals surface area contributed by atoms with Crippen LogP contribution in [0.1, 0.15) is 0 Å². The highest BCUT2D eigenvalue weighted by Gasteiger charge is 2.32. The van der Waals surface area contributed by atoms with E-state index in [9.17, 15) is 23.3 Å². The Labute approximate surface area is 110 Å². The van der Waals surface area contributed by atoms with Crippen LogP contribution in [0.15, 0.2) is 24.4 Å². The standard InChI is InChI=1S/C11H8F3N3O3/c1-15-9-6-3-2-4-8(20-11(12,13)14)10(6)16-5-7(9)17(18)19/h2-5H,1H3,(H,15,16). The van der Waals surface area contributed by atoms with E-state index in [0.717, 1.165) is 12.3 Å². The lowest BCUT2D eigenvalue weighted by Gasteiger charge is -2.12. The first kappa shape index (κ1) is 13.8. The molecule has 0 saturated carbocycles. The highest BCUT2D eigenvalue weighted by molar-refractivity contribution is 5.98. The van der Waals surface area contributed by atoms with Crippen molar-refractivity contribution in [3.63, 3.8) is 0 Å². The number of nitro groups is 1. The lowest BCUT2D eigenvalue weighted by Crippen LogP contribution is -2.17. The molecule has 1 N–H and O–H groups in total. The highest BCUT2D eigenvalue weighted by atomic mass is 19.4. The highest BCUT2D eigenvalue weighted by Crippen LogP contribution is 2.36. The van der Waals surface area contributed by atoms with E-state index in [2.05, 4.69) is 15.0 Å². The van der Waals surface area contributed by atoms with Crippen LogP contribution in [0, 0.1) is 10.1 Å². The molecule has 106 valence electrons. The van der Waals surface area contributed by atoms with Crippen molar-refractivity contribution in [3.05, 3.63) is 34.5 Å². The van der Waals surface area contributed by atoms with Gasteiger partial charge in [0.25, 0.3) is 0 Å². The minimum absolute atomic E-state index is 0.0765. The summed E-state index contributed by atoms with van der Waals surface area (Å²) in [6.45, 7) is 0. The molecular weight excluding hydrogens is 279 g/mol. The first-order valence-electron chi connectivity index (χ1n) is 5.33. The van der Waals surface area contributed by atoms with Gasteiger partial charge in [-0.05, 0) is 6.07 Å². The molecule has 0 aliphatic heterocycles. The Morgan fingerprint density at radius 3 is 2.65 bits per heavy atom. The van der Waals surface area contributed by atoms with E-state index in [1.54, 1.807) is 0 Å². The van der Waals surface area contributed by atoms with Crippen molar-refractivity contribution in [2.75, 3.05) is 12.4 Å². The second kappa shape index (κ2) is 4.83. The number of hydrogen-bond acceptors (Lipinski definition) is 5. The Morgan fingerprint density at radius 2 is 2.10 bits per heavy atom. The molecule has 0 fully saturated rings. The zero-order valence-corrected chi connectivity index (χ0v) is 10.1. The van der Waals surface area contributed by atoms with Gasteiger partial charge in [-0.2, -0.15) is 0 Å². The van der Waals surface area contributed by atoms with Gasteiger partial charge in [0.15, 0.2) is 5.75 Å². The van der Waals surface area contributed by atoms with E-state index in [4.69, 9.17) is 0 Å². The van der Waals surface area contributed by atoms with Crippen molar-refractivity contribution in [2.24, 2.45) is 0 Å². The Kier molecular flexibility index (Phi) is 3.35. The monoisotopic (exact) mass is 287 g/mol. The molecular formula is C11H8F3N3O3. The van der Waals surface area contributed by atoms with Crippen LogP contribution >= 0.6 is 0 Å². The summed E-state index contributed by atoms with van der Waals surface area (Å²) >= 11 is 0. The van der Waals surface area contributed by atoms with Gasteiger partial charge in [0.1, 0.15) is 17.4 Å². The van der Waals surface area contributed by atoms with E-state index < -0.39 is 17.0 Å². The fraction of sp³-hybridized carbons (Fsp3) is 0.182. The maximum absolute atomic E-state index is 12.3. The van der Waals surface area contributed by atoms with Crippen LogP contribution in [-0.2, 0) is 0 Å². The number of ether oxygens (including phenoxy) is 1. The summed E-state index contributed by atoms with van der Waals surface area (Å²) < 4.78 is 40.7. The molecule has 20 heavy (non-hydrogen) atoms. The second-order valence-corrected chi connectivity index (χ2v) is 3.73. The number of alkyl halides is 3. The average molecular weight is 287 g/mol. The zero-order valence-electron chi connectivity index (χ0n) is 10.1. The van der Waals surface area contributed by atoms with Crippen LogP contribution in [0.25, 0.3) is 10.9 Å². The Balaban J connectivity index is 2.69. The van der Waals surface area contributed by atoms with Gasteiger partial charge >= 0.3 is 12.0 Å². The molecule has 0 aliphatic carbocycles. The molecule has 0 bridgehead atoms. The summed E-state index contributed by atoms with van der Waals surface area (Å²) in [5.41, 5.74) is -0.364. The largest absolute Gasteiger partial charge is 0.573 e. The van der Waals surface area contributed by atoms with Gasteiger partial charge in [-0.3, -0.25) is 10.1 Å². The number of pyridine rings is 1. The van der Waals surface area contributed by atoms with Gasteiger partial charge in [0.05, 0.1) is 4.92 Å². The van der Waals surface area contributed by atoms with Crippen LogP contribution in [0.4, 0.5) is 24.5 Å². The lowest BCUT2D eigenvalue weighted by atomic mass is 10.1. The van der Waals surface area contributed by atoms with E-state index in [0.29, 0.717) is 0 Å². The van der Waals surface area contributed by atoms with Gasteiger partial charge in [-0.1, -0.05) is 12.1 Å². The summed E-state index contributed by atoms with van der Waals surface area (Å²) in [5, 5.41) is 13.6. The van der Waals surface area contributed by atoms with Crippen LogP contribution in [0.5, 0.6) is 5.75 Å². The molecule has 6 nitrogen and oxygen atoms in total. The number of nitrogens with zero attached hydrogens (tertiary/aromatic N) is 2. The Hall–Kier alpha value is -2.58. The number of para-hydroxylation sites is 1. The molecule has 1 aromatic heterocycles. The van der Waals surface area contributed by atoms with E-state index in [1.807, 2.05) is 0 Å². The van der Waals surface area contributed by atoms with E-state index >= 15 is 0 Å². The summed E-state index contributed by atoms with van der Waals surface area (Å²) in [4.78, 5) is 13.9. The number of rotatable bonds is 3. The molecule has 0 atom stereocenters. The van der Waals surface area contributed by atoms with Crippen molar-refractivity contribution in [1.82, 2.24) is 4.98 Å². The number of fused-ring (bicyclic) bond motifs is 1. The minimum Gasteiger partial charge on any atom is -0.403 e. The van der Waals surface area contributed by atoms with E-state index in [-0.39, 0.29) is 22.3 Å². The smallest absolute Gasteiger partial charge is 0.403 e. The minimum atomic E-state index is -4.86. The number of anilines is 1. The number of halogens is 3. The summed E-state index contributed by atoms with van der Waals surface area (Å²) in [5.74, 6) is -0.513. The molecule has 0 saturated heterocycles. The third-order valence-corrected chi connectivity index (χ3v) is 2.51. The van der Waals surface area contributed by atoms with Crippen molar-refractivity contribution in [3.8, 4) is 5.75 Å². The van der Waals surface area contributed by atoms with E-state index in [1.165, 1.54) is 19.2 Å². The van der Waals surface area contributed by atoms with Crippen molar-refractivity contribution in [2.45, 2.75) is 6.36 Å². The molecule has 0 spiro atoms. The van der Waals surface area contributed by atoms with Gasteiger partial charge < -0.3 is 10.1 Å². The number of aromatic nitrogens is 1. The molecule has 9 heteroatoms. The van der Waals surface area contributed by atoms with Gasteiger partial charge in [0, 0.05) is 12.4 Å². The molecule has 0 amide bonds. The third-order valence-electron chi connectivity index (χ3n) is 2.51. The van der Waals surface area contributed by atoms with Crippen molar-refractivity contribution >= 4 is 22.3 Å². The fourth-order valence-corrected chi connectivity index (χ4v) is 1.79. The number of hydrogen-bond donors (Lipinski definition) is 1. The topological polar surface area (TPSA) is 77.3 Å². The van der Waals surface area contributed by atoms with Crippen LogP contribution in [-0.4, -0.2) is 23.3 Å².